The van der Waals surface area contributed by atoms with Crippen LogP contribution < -0.4 is 10.1 Å². The maximum Gasteiger partial charge on any atom is 0.331 e. The second-order valence-corrected chi connectivity index (χ2v) is 5.07. The predicted octanol–water partition coefficient (Wildman–Crippen LogP) is 1.36. The van der Waals surface area contributed by atoms with Crippen LogP contribution in [0.25, 0.3) is 0 Å². The number of anilines is 1. The zero-order chi connectivity index (χ0) is 16.3. The molecule has 0 aromatic carbocycles. The number of carboxylic acids is 1. The third-order valence-electron chi connectivity index (χ3n) is 3.14. The molecular formula is C14H16N4O4. The van der Waals surface area contributed by atoms with Gasteiger partial charge in [-0.05, 0) is 19.9 Å². The van der Waals surface area contributed by atoms with Crippen molar-refractivity contribution in [2.75, 3.05) is 12.4 Å². The van der Waals surface area contributed by atoms with E-state index in [9.17, 15) is 9.59 Å². The summed E-state index contributed by atoms with van der Waals surface area (Å²) in [6.45, 7) is 3.02. The van der Waals surface area contributed by atoms with E-state index >= 15 is 0 Å². The highest BCUT2D eigenvalue weighted by molar-refractivity contribution is 6.02. The van der Waals surface area contributed by atoms with E-state index in [0.717, 1.165) is 0 Å². The SMILES string of the molecule is COc1ccnc(C(=O)Nc2cnn(C(C)(C)C(=O)O)c2)c1. The van der Waals surface area contributed by atoms with E-state index in [4.69, 9.17) is 9.84 Å². The van der Waals surface area contributed by atoms with Crippen LogP contribution in [0.1, 0.15) is 24.3 Å². The Kier molecular flexibility index (Phi) is 4.11. The topological polar surface area (TPSA) is 106 Å². The van der Waals surface area contributed by atoms with E-state index < -0.39 is 17.4 Å². The number of pyridine rings is 1. The van der Waals surface area contributed by atoms with Gasteiger partial charge in [-0.1, -0.05) is 0 Å². The van der Waals surface area contributed by atoms with Crippen LogP contribution in [0.3, 0.4) is 0 Å². The summed E-state index contributed by atoms with van der Waals surface area (Å²) in [7, 11) is 1.50. The largest absolute Gasteiger partial charge is 0.497 e. The lowest BCUT2D eigenvalue weighted by molar-refractivity contribution is -0.146. The second kappa shape index (κ2) is 5.84. The van der Waals surface area contributed by atoms with Gasteiger partial charge >= 0.3 is 5.97 Å². The van der Waals surface area contributed by atoms with E-state index in [0.29, 0.717) is 11.4 Å². The van der Waals surface area contributed by atoms with Crippen molar-refractivity contribution in [1.29, 1.82) is 0 Å². The molecule has 0 spiro atoms. The van der Waals surface area contributed by atoms with Gasteiger partial charge in [-0.15, -0.1) is 0 Å². The molecule has 2 rings (SSSR count). The first-order valence-electron chi connectivity index (χ1n) is 6.44. The Morgan fingerprint density at radius 1 is 1.41 bits per heavy atom. The quantitative estimate of drug-likeness (QED) is 0.863. The van der Waals surface area contributed by atoms with E-state index in [1.807, 2.05) is 0 Å². The molecule has 0 atom stereocenters. The molecule has 2 N–H and O–H groups in total. The first-order valence-corrected chi connectivity index (χ1v) is 6.44. The van der Waals surface area contributed by atoms with Crippen molar-refractivity contribution in [2.24, 2.45) is 0 Å². The van der Waals surface area contributed by atoms with Gasteiger partial charge in [-0.3, -0.25) is 14.5 Å². The predicted molar refractivity (Wildman–Crippen MR) is 77.9 cm³/mol. The number of carbonyl (C=O) groups excluding carboxylic acids is 1. The van der Waals surface area contributed by atoms with Gasteiger partial charge in [0, 0.05) is 18.5 Å². The minimum absolute atomic E-state index is 0.185. The molecule has 2 heterocycles. The molecule has 2 aromatic heterocycles. The molecule has 8 heteroatoms. The summed E-state index contributed by atoms with van der Waals surface area (Å²) < 4.78 is 6.30. The number of hydrogen-bond donors (Lipinski definition) is 2. The Bertz CT molecular complexity index is 708. The van der Waals surface area contributed by atoms with Crippen LogP contribution in [-0.2, 0) is 10.3 Å². The minimum Gasteiger partial charge on any atom is -0.497 e. The number of nitrogens with zero attached hydrogens (tertiary/aromatic N) is 3. The fraction of sp³-hybridized carbons (Fsp3) is 0.286. The fourth-order valence-electron chi connectivity index (χ4n) is 1.65. The Hall–Kier alpha value is -2.90. The smallest absolute Gasteiger partial charge is 0.331 e. The summed E-state index contributed by atoms with van der Waals surface area (Å²) in [5, 5.41) is 15.7. The highest BCUT2D eigenvalue weighted by Gasteiger charge is 2.30. The van der Waals surface area contributed by atoms with Crippen LogP contribution in [0.5, 0.6) is 5.75 Å². The van der Waals surface area contributed by atoms with Gasteiger partial charge in [0.15, 0.2) is 5.54 Å². The van der Waals surface area contributed by atoms with Crippen molar-refractivity contribution in [2.45, 2.75) is 19.4 Å². The van der Waals surface area contributed by atoms with Crippen molar-refractivity contribution in [3.05, 3.63) is 36.4 Å². The fourth-order valence-corrected chi connectivity index (χ4v) is 1.65. The molecule has 0 aliphatic carbocycles. The molecule has 0 radical (unpaired) electrons. The van der Waals surface area contributed by atoms with Crippen LogP contribution in [0.15, 0.2) is 30.7 Å². The van der Waals surface area contributed by atoms with Crippen LogP contribution in [0.2, 0.25) is 0 Å². The Morgan fingerprint density at radius 3 is 2.77 bits per heavy atom. The molecule has 22 heavy (non-hydrogen) atoms. The van der Waals surface area contributed by atoms with Crippen LogP contribution in [0, 0.1) is 0 Å². The molecule has 0 bridgehead atoms. The molecule has 8 nitrogen and oxygen atoms in total. The summed E-state index contributed by atoms with van der Waals surface area (Å²) >= 11 is 0. The number of carboxylic acid groups (broad SMARTS) is 1. The summed E-state index contributed by atoms with van der Waals surface area (Å²) in [5.41, 5.74) is -0.648. The Morgan fingerprint density at radius 2 is 2.14 bits per heavy atom. The van der Waals surface area contributed by atoms with Crippen molar-refractivity contribution >= 4 is 17.6 Å². The number of nitrogens with one attached hydrogen (secondary N) is 1. The Balaban J connectivity index is 2.16. The zero-order valence-corrected chi connectivity index (χ0v) is 12.4. The summed E-state index contributed by atoms with van der Waals surface area (Å²) in [6, 6.07) is 3.13. The molecule has 1 amide bonds. The number of methoxy groups -OCH3 is 1. The van der Waals surface area contributed by atoms with Gasteiger partial charge in [0.25, 0.3) is 5.91 Å². The molecule has 0 unspecified atom stereocenters. The van der Waals surface area contributed by atoms with Gasteiger partial charge in [0.05, 0.1) is 19.0 Å². The van der Waals surface area contributed by atoms with Gasteiger partial charge in [-0.2, -0.15) is 5.10 Å². The van der Waals surface area contributed by atoms with Crippen LogP contribution in [0.4, 0.5) is 5.69 Å². The number of aromatic nitrogens is 3. The van der Waals surface area contributed by atoms with Crippen molar-refractivity contribution < 1.29 is 19.4 Å². The number of carbonyl (C=O) groups is 2. The molecule has 0 saturated heterocycles. The van der Waals surface area contributed by atoms with Gasteiger partial charge in [0.1, 0.15) is 11.4 Å². The summed E-state index contributed by atoms with van der Waals surface area (Å²) in [6.07, 6.45) is 4.29. The molecule has 2 aromatic rings. The average Bonchev–Trinajstić information content (AvgIpc) is 2.96. The average molecular weight is 304 g/mol. The summed E-state index contributed by atoms with van der Waals surface area (Å²) in [4.78, 5) is 27.2. The highest BCUT2D eigenvalue weighted by atomic mass is 16.5. The van der Waals surface area contributed by atoms with Gasteiger partial charge in [0.2, 0.25) is 0 Å². The first-order chi connectivity index (χ1) is 10.3. The van der Waals surface area contributed by atoms with E-state index in [1.165, 1.54) is 50.3 Å². The molecule has 0 saturated carbocycles. The van der Waals surface area contributed by atoms with Crippen molar-refractivity contribution in [3.63, 3.8) is 0 Å². The van der Waals surface area contributed by atoms with Gasteiger partial charge < -0.3 is 15.2 Å². The molecule has 0 fully saturated rings. The zero-order valence-electron chi connectivity index (χ0n) is 12.4. The minimum atomic E-state index is -1.21. The number of rotatable bonds is 5. The third-order valence-corrected chi connectivity index (χ3v) is 3.14. The third kappa shape index (κ3) is 3.05. The van der Waals surface area contributed by atoms with E-state index in [1.54, 1.807) is 6.07 Å². The van der Waals surface area contributed by atoms with Gasteiger partial charge in [-0.25, -0.2) is 4.79 Å². The lowest BCUT2D eigenvalue weighted by atomic mass is 10.1. The van der Waals surface area contributed by atoms with Crippen molar-refractivity contribution in [3.8, 4) is 5.75 Å². The number of aliphatic carboxylic acids is 1. The maximum atomic E-state index is 12.1. The van der Waals surface area contributed by atoms with Crippen LogP contribution >= 0.6 is 0 Å². The van der Waals surface area contributed by atoms with Crippen molar-refractivity contribution in [1.82, 2.24) is 14.8 Å². The number of hydrogen-bond acceptors (Lipinski definition) is 5. The van der Waals surface area contributed by atoms with E-state index in [2.05, 4.69) is 15.4 Å². The van der Waals surface area contributed by atoms with E-state index in [-0.39, 0.29) is 5.69 Å². The monoisotopic (exact) mass is 304 g/mol. The first kappa shape index (κ1) is 15.5. The maximum absolute atomic E-state index is 12.1. The second-order valence-electron chi connectivity index (χ2n) is 5.07. The molecule has 0 aliphatic heterocycles. The normalized spacial score (nSPS) is 11.0. The lowest BCUT2D eigenvalue weighted by Gasteiger charge is -2.19. The van der Waals surface area contributed by atoms with Crippen LogP contribution in [-0.4, -0.2) is 38.9 Å². The Labute approximate surface area is 126 Å². The lowest BCUT2D eigenvalue weighted by Crippen LogP contribution is -2.35. The number of ether oxygens (including phenoxy) is 1. The highest BCUT2D eigenvalue weighted by Crippen LogP contribution is 2.18. The number of amides is 1. The standard InChI is InChI=1S/C14H16N4O4/c1-14(2,13(20)21)18-8-9(7-16-18)17-12(19)11-6-10(22-3)4-5-15-11/h4-8H,1-3H3,(H,17,19)(H,20,21). The molecular weight excluding hydrogens is 288 g/mol. The molecule has 116 valence electrons. The molecule has 0 aliphatic rings. The summed E-state index contributed by atoms with van der Waals surface area (Å²) in [5.74, 6) is -0.947.